The van der Waals surface area contributed by atoms with Crippen molar-refractivity contribution < 1.29 is 33.0 Å². The second kappa shape index (κ2) is 9.17. The van der Waals surface area contributed by atoms with Gasteiger partial charge in [0, 0.05) is 17.5 Å². The van der Waals surface area contributed by atoms with Crippen LogP contribution in [0.25, 0.3) is 0 Å². The molecule has 0 amide bonds. The van der Waals surface area contributed by atoms with E-state index in [1.807, 2.05) is 30.3 Å². The topological polar surface area (TPSA) is 84.2 Å². The summed E-state index contributed by atoms with van der Waals surface area (Å²) in [6.45, 7) is 0.808. The van der Waals surface area contributed by atoms with E-state index in [0.29, 0.717) is 41.6 Å². The van der Waals surface area contributed by atoms with Gasteiger partial charge in [-0.05, 0) is 36.4 Å². The van der Waals surface area contributed by atoms with Gasteiger partial charge < -0.3 is 23.4 Å². The van der Waals surface area contributed by atoms with Crippen molar-refractivity contribution in [2.45, 2.75) is 13.0 Å². The molecule has 7 nitrogen and oxygen atoms in total. The minimum atomic E-state index is -0.727. The van der Waals surface area contributed by atoms with Crippen LogP contribution in [0.4, 0.5) is 0 Å². The highest BCUT2D eigenvalue weighted by Gasteiger charge is 2.20. The largest absolute Gasteiger partial charge is 0.490 e. The fraction of sp³-hybridized carbons (Fsp3) is 0.217. The first-order valence-corrected chi connectivity index (χ1v) is 9.55. The Morgan fingerprint density at radius 3 is 2.57 bits per heavy atom. The van der Waals surface area contributed by atoms with Gasteiger partial charge in [-0.1, -0.05) is 18.2 Å². The summed E-state index contributed by atoms with van der Waals surface area (Å²) in [6, 6.07) is 15.7. The molecule has 1 aliphatic heterocycles. The van der Waals surface area contributed by atoms with Gasteiger partial charge in [0.15, 0.2) is 23.9 Å². The zero-order valence-electron chi connectivity index (χ0n) is 16.2. The van der Waals surface area contributed by atoms with Crippen LogP contribution in [0, 0.1) is 0 Å². The number of rotatable bonds is 7. The highest BCUT2D eigenvalue weighted by Crippen LogP contribution is 2.30. The summed E-state index contributed by atoms with van der Waals surface area (Å²) in [6.07, 6.45) is 2.15. The van der Waals surface area contributed by atoms with E-state index in [1.165, 1.54) is 6.26 Å². The van der Waals surface area contributed by atoms with E-state index in [4.69, 9.17) is 23.4 Å². The van der Waals surface area contributed by atoms with E-state index in [9.17, 15) is 9.59 Å². The second-order valence-electron chi connectivity index (χ2n) is 6.59. The first-order chi connectivity index (χ1) is 14.7. The van der Waals surface area contributed by atoms with Crippen molar-refractivity contribution in [1.29, 1.82) is 0 Å². The van der Waals surface area contributed by atoms with Crippen LogP contribution in [0.3, 0.4) is 0 Å². The van der Waals surface area contributed by atoms with Gasteiger partial charge in [-0.15, -0.1) is 0 Å². The number of furan rings is 1. The summed E-state index contributed by atoms with van der Waals surface area (Å²) >= 11 is 0. The Hall–Kier alpha value is -3.74. The van der Waals surface area contributed by atoms with Crippen LogP contribution in [-0.2, 0) is 11.3 Å². The Labute approximate surface area is 173 Å². The fourth-order valence-corrected chi connectivity index (χ4v) is 2.92. The highest BCUT2D eigenvalue weighted by atomic mass is 16.5. The van der Waals surface area contributed by atoms with Gasteiger partial charge in [-0.25, -0.2) is 4.79 Å². The molecule has 3 aromatic rings. The number of para-hydroxylation sites is 1. The average Bonchev–Trinajstić information content (AvgIpc) is 3.13. The molecule has 0 bridgehead atoms. The normalized spacial score (nSPS) is 12.7. The van der Waals surface area contributed by atoms with E-state index in [1.54, 1.807) is 24.3 Å². The Bertz CT molecular complexity index is 1020. The number of hydrogen-bond donors (Lipinski definition) is 0. The summed E-state index contributed by atoms with van der Waals surface area (Å²) in [7, 11) is 0. The molecule has 2 heterocycles. The molecule has 0 aliphatic carbocycles. The van der Waals surface area contributed by atoms with Gasteiger partial charge in [-0.2, -0.15) is 0 Å². The maximum Gasteiger partial charge on any atom is 0.375 e. The maximum atomic E-state index is 12.5. The van der Waals surface area contributed by atoms with Gasteiger partial charge in [0.05, 0.1) is 19.5 Å². The van der Waals surface area contributed by atoms with Crippen LogP contribution in [0.15, 0.2) is 65.3 Å². The predicted octanol–water partition coefficient (Wildman–Crippen LogP) is 4.06. The van der Waals surface area contributed by atoms with E-state index >= 15 is 0 Å². The first-order valence-electron chi connectivity index (χ1n) is 9.55. The van der Waals surface area contributed by atoms with Crippen LogP contribution in [0.5, 0.6) is 17.2 Å². The van der Waals surface area contributed by atoms with E-state index in [-0.39, 0.29) is 18.2 Å². The number of esters is 1. The van der Waals surface area contributed by atoms with Crippen molar-refractivity contribution in [1.82, 2.24) is 0 Å². The number of carbonyl (C=O) groups is 2. The number of hydrogen-bond acceptors (Lipinski definition) is 7. The quantitative estimate of drug-likeness (QED) is 0.431. The highest BCUT2D eigenvalue weighted by molar-refractivity contribution is 5.99. The molecule has 0 spiro atoms. The molecule has 0 radical (unpaired) electrons. The Balaban J connectivity index is 1.35. The summed E-state index contributed by atoms with van der Waals surface area (Å²) < 4.78 is 27.2. The van der Waals surface area contributed by atoms with E-state index in [0.717, 1.165) is 6.42 Å². The molecule has 0 saturated heterocycles. The van der Waals surface area contributed by atoms with Gasteiger partial charge in [0.2, 0.25) is 5.76 Å². The van der Waals surface area contributed by atoms with Gasteiger partial charge >= 0.3 is 5.97 Å². The van der Waals surface area contributed by atoms with Crippen molar-refractivity contribution in [3.8, 4) is 17.2 Å². The SMILES string of the molecule is O=C(COC(=O)c1occc1COc1ccccc1)c1ccc2c(c1)OCCCO2. The minimum absolute atomic E-state index is 0.0115. The van der Waals surface area contributed by atoms with Crippen LogP contribution in [0.1, 0.15) is 32.9 Å². The van der Waals surface area contributed by atoms with Crippen molar-refractivity contribution >= 4 is 11.8 Å². The van der Waals surface area contributed by atoms with Crippen LogP contribution >= 0.6 is 0 Å². The first kappa shape index (κ1) is 19.6. The zero-order chi connectivity index (χ0) is 20.8. The van der Waals surface area contributed by atoms with Gasteiger partial charge in [-0.3, -0.25) is 4.79 Å². The molecular weight excluding hydrogens is 388 g/mol. The Kier molecular flexibility index (Phi) is 5.98. The summed E-state index contributed by atoms with van der Waals surface area (Å²) in [5.41, 5.74) is 0.908. The smallest absolute Gasteiger partial charge is 0.375 e. The van der Waals surface area contributed by atoms with Crippen LogP contribution in [-0.4, -0.2) is 31.6 Å². The minimum Gasteiger partial charge on any atom is -0.490 e. The Morgan fingerprint density at radius 1 is 0.933 bits per heavy atom. The number of fused-ring (bicyclic) bond motifs is 1. The third-order valence-corrected chi connectivity index (χ3v) is 4.47. The zero-order valence-corrected chi connectivity index (χ0v) is 16.2. The summed E-state index contributed by atoms with van der Waals surface area (Å²) in [5.74, 6) is 0.706. The third kappa shape index (κ3) is 4.63. The summed E-state index contributed by atoms with van der Waals surface area (Å²) in [4.78, 5) is 24.8. The summed E-state index contributed by atoms with van der Waals surface area (Å²) in [5, 5.41) is 0. The predicted molar refractivity (Wildman–Crippen MR) is 106 cm³/mol. The van der Waals surface area contributed by atoms with E-state index < -0.39 is 12.6 Å². The molecular formula is C23H20O7. The third-order valence-electron chi connectivity index (χ3n) is 4.47. The van der Waals surface area contributed by atoms with Gasteiger partial charge in [0.25, 0.3) is 0 Å². The molecule has 0 unspecified atom stereocenters. The fourth-order valence-electron chi connectivity index (χ4n) is 2.92. The van der Waals surface area contributed by atoms with Crippen LogP contribution in [0.2, 0.25) is 0 Å². The van der Waals surface area contributed by atoms with Crippen molar-refractivity contribution in [3.05, 3.63) is 77.7 Å². The lowest BCUT2D eigenvalue weighted by Gasteiger charge is -2.09. The lowest BCUT2D eigenvalue weighted by atomic mass is 10.1. The molecule has 30 heavy (non-hydrogen) atoms. The van der Waals surface area contributed by atoms with Crippen molar-refractivity contribution in [2.24, 2.45) is 0 Å². The monoisotopic (exact) mass is 408 g/mol. The Morgan fingerprint density at radius 2 is 1.73 bits per heavy atom. The molecule has 0 fully saturated rings. The lowest BCUT2D eigenvalue weighted by molar-refractivity contribution is 0.0440. The van der Waals surface area contributed by atoms with E-state index in [2.05, 4.69) is 0 Å². The molecule has 0 atom stereocenters. The molecule has 0 N–H and O–H groups in total. The molecule has 1 aromatic heterocycles. The average molecular weight is 408 g/mol. The second-order valence-corrected chi connectivity index (χ2v) is 6.59. The molecule has 0 saturated carbocycles. The van der Waals surface area contributed by atoms with Crippen LogP contribution < -0.4 is 14.2 Å². The number of carbonyl (C=O) groups excluding carboxylic acids is 2. The lowest BCUT2D eigenvalue weighted by Crippen LogP contribution is -2.15. The van der Waals surface area contributed by atoms with Crippen molar-refractivity contribution in [2.75, 3.05) is 19.8 Å². The number of ketones is 1. The number of ether oxygens (including phenoxy) is 4. The standard InChI is InChI=1S/C23H20O7/c24-19(16-7-8-20-21(13-16)27-11-4-10-26-20)15-30-23(25)22-17(9-12-28-22)14-29-18-5-2-1-3-6-18/h1-3,5-9,12-13H,4,10-11,14-15H2. The number of benzene rings is 2. The molecule has 7 heteroatoms. The molecule has 4 rings (SSSR count). The van der Waals surface area contributed by atoms with Crippen molar-refractivity contribution in [3.63, 3.8) is 0 Å². The van der Waals surface area contributed by atoms with Gasteiger partial charge in [0.1, 0.15) is 12.4 Å². The maximum absolute atomic E-state index is 12.5. The number of Topliss-reactive ketones (excluding diaryl/α,β-unsaturated/α-hetero) is 1. The molecule has 2 aromatic carbocycles. The molecule has 154 valence electrons. The molecule has 1 aliphatic rings.